The maximum Gasteiger partial charge on any atom is 0.321 e. The third-order valence-electron chi connectivity index (χ3n) is 4.03. The summed E-state index contributed by atoms with van der Waals surface area (Å²) < 4.78 is 1.06. The summed E-state index contributed by atoms with van der Waals surface area (Å²) in [5.74, 6) is 0. The minimum absolute atomic E-state index is 0.00178. The molecule has 23 heavy (non-hydrogen) atoms. The Kier molecular flexibility index (Phi) is 3.67. The lowest BCUT2D eigenvalue weighted by molar-refractivity contribution is 0.248. The second kappa shape index (κ2) is 5.83. The zero-order valence-corrected chi connectivity index (χ0v) is 13.7. The first-order chi connectivity index (χ1) is 11.2. The van der Waals surface area contributed by atoms with Gasteiger partial charge in [-0.25, -0.2) is 9.78 Å². The first-order valence-electron chi connectivity index (χ1n) is 7.41. The number of para-hydroxylation sites is 1. The number of hydrogen-bond donors (Lipinski definition) is 2. The van der Waals surface area contributed by atoms with Crippen LogP contribution in [0.3, 0.4) is 0 Å². The molecule has 2 N–H and O–H groups in total. The largest absolute Gasteiger partial charge is 0.331 e. The van der Waals surface area contributed by atoms with Crippen LogP contribution in [0.4, 0.5) is 9.93 Å². The Bertz CT molecular complexity index is 859. The van der Waals surface area contributed by atoms with Crippen molar-refractivity contribution >= 4 is 44.3 Å². The molecule has 1 aliphatic rings. The standard InChI is InChI=1S/C17H14ClN3OS/c18-12-5-3-4-11-10(12)8-9-13(11)19-16(22)21-17-20-14-6-1-2-7-15(14)23-17/h1-7,13H,8-9H2,(H2,19,20,21,22)/t13-/m0/s1. The van der Waals surface area contributed by atoms with Crippen LogP contribution in [0.25, 0.3) is 10.2 Å². The summed E-state index contributed by atoms with van der Waals surface area (Å²) in [6.45, 7) is 0. The van der Waals surface area contributed by atoms with Crippen molar-refractivity contribution in [2.24, 2.45) is 0 Å². The van der Waals surface area contributed by atoms with Crippen molar-refractivity contribution in [1.29, 1.82) is 0 Å². The first kappa shape index (κ1) is 14.5. The third kappa shape index (κ3) is 2.78. The van der Waals surface area contributed by atoms with Gasteiger partial charge in [0, 0.05) is 5.02 Å². The summed E-state index contributed by atoms with van der Waals surface area (Å²) >= 11 is 7.68. The molecule has 0 fully saturated rings. The molecule has 1 aromatic heterocycles. The molecular weight excluding hydrogens is 330 g/mol. The Morgan fingerprint density at radius 1 is 1.22 bits per heavy atom. The summed E-state index contributed by atoms with van der Waals surface area (Å²) in [5, 5.41) is 7.22. The quantitative estimate of drug-likeness (QED) is 0.705. The number of carbonyl (C=O) groups excluding carboxylic acids is 1. The fraction of sp³-hybridized carbons (Fsp3) is 0.176. The number of hydrogen-bond acceptors (Lipinski definition) is 3. The lowest BCUT2D eigenvalue weighted by Gasteiger charge is -2.14. The van der Waals surface area contributed by atoms with Crippen molar-refractivity contribution in [3.8, 4) is 0 Å². The molecule has 2 aromatic carbocycles. The number of benzene rings is 2. The number of aromatic nitrogens is 1. The highest BCUT2D eigenvalue weighted by molar-refractivity contribution is 7.22. The average molecular weight is 344 g/mol. The third-order valence-corrected chi connectivity index (χ3v) is 5.34. The number of fused-ring (bicyclic) bond motifs is 2. The van der Waals surface area contributed by atoms with Crippen molar-refractivity contribution in [2.45, 2.75) is 18.9 Å². The smallest absolute Gasteiger partial charge is 0.321 e. The molecule has 1 heterocycles. The molecule has 116 valence electrons. The Labute approximate surface area is 142 Å². The zero-order valence-electron chi connectivity index (χ0n) is 12.2. The number of amides is 2. The van der Waals surface area contributed by atoms with Crippen LogP contribution in [-0.4, -0.2) is 11.0 Å². The van der Waals surface area contributed by atoms with Gasteiger partial charge in [0.05, 0.1) is 16.3 Å². The van der Waals surface area contributed by atoms with Crippen LogP contribution in [0.1, 0.15) is 23.6 Å². The molecule has 2 amide bonds. The molecule has 0 radical (unpaired) electrons. The highest BCUT2D eigenvalue weighted by atomic mass is 35.5. The molecule has 0 unspecified atom stereocenters. The number of nitrogens with one attached hydrogen (secondary N) is 2. The van der Waals surface area contributed by atoms with Gasteiger partial charge < -0.3 is 5.32 Å². The SMILES string of the molecule is O=C(Nc1nc2ccccc2s1)N[C@H]1CCc2c(Cl)cccc21. The summed E-state index contributed by atoms with van der Waals surface area (Å²) in [5.41, 5.74) is 3.14. The minimum Gasteiger partial charge on any atom is -0.331 e. The minimum atomic E-state index is -0.234. The van der Waals surface area contributed by atoms with Crippen molar-refractivity contribution in [3.05, 3.63) is 58.6 Å². The van der Waals surface area contributed by atoms with Crippen LogP contribution in [-0.2, 0) is 6.42 Å². The van der Waals surface area contributed by atoms with Gasteiger partial charge in [-0.3, -0.25) is 5.32 Å². The normalized spacial score (nSPS) is 16.3. The van der Waals surface area contributed by atoms with Crippen LogP contribution in [0.2, 0.25) is 5.02 Å². The highest BCUT2D eigenvalue weighted by Crippen LogP contribution is 2.35. The van der Waals surface area contributed by atoms with Gasteiger partial charge in [0.15, 0.2) is 5.13 Å². The van der Waals surface area contributed by atoms with Gasteiger partial charge >= 0.3 is 6.03 Å². The average Bonchev–Trinajstić information content (AvgIpc) is 3.12. The maximum absolute atomic E-state index is 12.3. The molecular formula is C17H14ClN3OS. The molecule has 0 spiro atoms. The van der Waals surface area contributed by atoms with E-state index in [0.29, 0.717) is 5.13 Å². The Hall–Kier alpha value is -2.11. The van der Waals surface area contributed by atoms with E-state index in [9.17, 15) is 4.79 Å². The second-order valence-electron chi connectivity index (χ2n) is 5.48. The molecule has 4 rings (SSSR count). The molecule has 4 nitrogen and oxygen atoms in total. The molecule has 3 aromatic rings. The van der Waals surface area contributed by atoms with E-state index in [2.05, 4.69) is 15.6 Å². The predicted octanol–water partition coefficient (Wildman–Crippen LogP) is 4.76. The maximum atomic E-state index is 12.3. The molecule has 1 aliphatic carbocycles. The molecule has 6 heteroatoms. The first-order valence-corrected chi connectivity index (χ1v) is 8.60. The van der Waals surface area contributed by atoms with Crippen molar-refractivity contribution in [2.75, 3.05) is 5.32 Å². The number of nitrogens with zero attached hydrogens (tertiary/aromatic N) is 1. The van der Waals surface area contributed by atoms with E-state index in [4.69, 9.17) is 11.6 Å². The summed E-state index contributed by atoms with van der Waals surface area (Å²) in [7, 11) is 0. The van der Waals surface area contributed by atoms with Gasteiger partial charge in [-0.1, -0.05) is 47.2 Å². The van der Waals surface area contributed by atoms with E-state index in [0.717, 1.165) is 39.2 Å². The molecule has 0 saturated heterocycles. The fourth-order valence-electron chi connectivity index (χ4n) is 2.98. The van der Waals surface area contributed by atoms with Crippen LogP contribution < -0.4 is 10.6 Å². The van der Waals surface area contributed by atoms with E-state index in [1.165, 1.54) is 11.3 Å². The van der Waals surface area contributed by atoms with Crippen LogP contribution in [0.15, 0.2) is 42.5 Å². The Morgan fingerprint density at radius 2 is 2.09 bits per heavy atom. The molecule has 0 saturated carbocycles. The number of urea groups is 1. The summed E-state index contributed by atoms with van der Waals surface area (Å²) in [4.78, 5) is 16.7. The monoisotopic (exact) mass is 343 g/mol. The number of halogens is 1. The number of rotatable bonds is 2. The number of thiazole rings is 1. The van der Waals surface area contributed by atoms with Crippen molar-refractivity contribution < 1.29 is 4.79 Å². The molecule has 0 aliphatic heterocycles. The Balaban J connectivity index is 1.48. The Morgan fingerprint density at radius 3 is 2.96 bits per heavy atom. The predicted molar refractivity (Wildman–Crippen MR) is 94.3 cm³/mol. The van der Waals surface area contributed by atoms with E-state index in [1.54, 1.807) is 0 Å². The summed E-state index contributed by atoms with van der Waals surface area (Å²) in [6.07, 6.45) is 1.76. The molecule has 1 atom stereocenters. The fourth-order valence-corrected chi connectivity index (χ4v) is 4.11. The van der Waals surface area contributed by atoms with Crippen molar-refractivity contribution in [3.63, 3.8) is 0 Å². The van der Waals surface area contributed by atoms with Gasteiger partial charge in [0.25, 0.3) is 0 Å². The van der Waals surface area contributed by atoms with Crippen molar-refractivity contribution in [1.82, 2.24) is 10.3 Å². The number of anilines is 1. The van der Waals surface area contributed by atoms with Crippen LogP contribution >= 0.6 is 22.9 Å². The summed E-state index contributed by atoms with van der Waals surface area (Å²) in [6, 6.07) is 13.4. The van der Waals surface area contributed by atoms with E-state index < -0.39 is 0 Å². The second-order valence-corrected chi connectivity index (χ2v) is 6.92. The van der Waals surface area contributed by atoms with Gasteiger partial charge in [0.1, 0.15) is 0 Å². The van der Waals surface area contributed by atoms with E-state index in [-0.39, 0.29) is 12.1 Å². The number of carbonyl (C=O) groups is 1. The zero-order chi connectivity index (χ0) is 15.8. The van der Waals surface area contributed by atoms with E-state index >= 15 is 0 Å². The van der Waals surface area contributed by atoms with Gasteiger partial charge in [0.2, 0.25) is 0 Å². The van der Waals surface area contributed by atoms with E-state index in [1.807, 2.05) is 42.5 Å². The van der Waals surface area contributed by atoms with Crippen LogP contribution in [0, 0.1) is 0 Å². The lowest BCUT2D eigenvalue weighted by atomic mass is 10.1. The topological polar surface area (TPSA) is 54.0 Å². The lowest BCUT2D eigenvalue weighted by Crippen LogP contribution is -2.31. The van der Waals surface area contributed by atoms with Gasteiger partial charge in [-0.2, -0.15) is 0 Å². The highest BCUT2D eigenvalue weighted by Gasteiger charge is 2.25. The van der Waals surface area contributed by atoms with Gasteiger partial charge in [-0.15, -0.1) is 0 Å². The van der Waals surface area contributed by atoms with Crippen LogP contribution in [0.5, 0.6) is 0 Å². The molecule has 0 bridgehead atoms. The van der Waals surface area contributed by atoms with Gasteiger partial charge in [-0.05, 0) is 42.2 Å².